The molecule has 0 saturated carbocycles. The maximum absolute atomic E-state index is 11.0. The van der Waals surface area contributed by atoms with Crippen LogP contribution in [0.15, 0.2) is 29.4 Å². The first-order chi connectivity index (χ1) is 8.52. The van der Waals surface area contributed by atoms with Crippen molar-refractivity contribution in [1.29, 1.82) is 0 Å². The normalized spacial score (nSPS) is 10.9. The smallest absolute Gasteiger partial charge is 0.346 e. The minimum absolute atomic E-state index is 0.469. The lowest BCUT2D eigenvalue weighted by atomic mass is 10.1. The highest BCUT2D eigenvalue weighted by atomic mass is 16.7. The molecule has 0 spiro atoms. The molecule has 0 fully saturated rings. The van der Waals surface area contributed by atoms with Gasteiger partial charge >= 0.3 is 11.9 Å². The molecule has 1 N–H and O–H groups in total. The second kappa shape index (κ2) is 6.39. The highest BCUT2D eigenvalue weighted by molar-refractivity contribution is 5.99. The van der Waals surface area contributed by atoms with Crippen molar-refractivity contribution in [2.45, 2.75) is 13.3 Å². The second-order valence-corrected chi connectivity index (χ2v) is 3.44. The zero-order valence-electron chi connectivity index (χ0n) is 10.0. The Kier molecular flexibility index (Phi) is 4.86. The van der Waals surface area contributed by atoms with Crippen LogP contribution in [-0.4, -0.2) is 29.9 Å². The van der Waals surface area contributed by atoms with E-state index < -0.39 is 18.4 Å². The average molecular weight is 251 g/mol. The minimum atomic E-state index is -1.25. The lowest BCUT2D eigenvalue weighted by Gasteiger charge is -2.02. The maximum atomic E-state index is 11.0. The molecular weight excluding hydrogens is 238 g/mol. The predicted octanol–water partition coefficient (Wildman–Crippen LogP) is 1.44. The van der Waals surface area contributed by atoms with E-state index in [9.17, 15) is 9.59 Å². The van der Waals surface area contributed by atoms with Gasteiger partial charge in [-0.3, -0.25) is 4.79 Å². The molecule has 0 atom stereocenters. The van der Waals surface area contributed by atoms with Gasteiger partial charge in [0.25, 0.3) is 0 Å². The fraction of sp³-hybridized carbons (Fsp3) is 0.250. The minimum Gasteiger partial charge on any atom is -0.497 e. The maximum Gasteiger partial charge on any atom is 0.346 e. The van der Waals surface area contributed by atoms with E-state index in [0.29, 0.717) is 11.5 Å². The molecule has 0 heterocycles. The van der Waals surface area contributed by atoms with Crippen LogP contribution < -0.4 is 4.74 Å². The number of oxime groups is 1. The summed E-state index contributed by atoms with van der Waals surface area (Å²) in [6.45, 7) is 1.65. The van der Waals surface area contributed by atoms with Crippen LogP contribution in [0.25, 0.3) is 0 Å². The monoisotopic (exact) mass is 251 g/mol. The van der Waals surface area contributed by atoms with Crippen LogP contribution in [0.3, 0.4) is 0 Å². The van der Waals surface area contributed by atoms with Crippen molar-refractivity contribution < 1.29 is 24.3 Å². The van der Waals surface area contributed by atoms with Gasteiger partial charge in [-0.1, -0.05) is 5.16 Å². The van der Waals surface area contributed by atoms with Crippen molar-refractivity contribution in [1.82, 2.24) is 0 Å². The molecule has 6 heteroatoms. The van der Waals surface area contributed by atoms with E-state index in [4.69, 9.17) is 9.84 Å². The quantitative estimate of drug-likeness (QED) is 0.370. The number of ether oxygens (including phenoxy) is 1. The van der Waals surface area contributed by atoms with Crippen LogP contribution in [0.5, 0.6) is 5.75 Å². The molecule has 0 bridgehead atoms. The molecule has 0 aliphatic heterocycles. The largest absolute Gasteiger partial charge is 0.497 e. The number of rotatable bonds is 5. The van der Waals surface area contributed by atoms with Gasteiger partial charge < -0.3 is 14.7 Å². The van der Waals surface area contributed by atoms with Gasteiger partial charge in [0, 0.05) is 0 Å². The Morgan fingerprint density at radius 1 is 1.28 bits per heavy atom. The van der Waals surface area contributed by atoms with E-state index >= 15 is 0 Å². The molecule has 0 radical (unpaired) electrons. The summed E-state index contributed by atoms with van der Waals surface area (Å²) in [7, 11) is 1.56. The van der Waals surface area contributed by atoms with Crippen molar-refractivity contribution in [3.63, 3.8) is 0 Å². The zero-order chi connectivity index (χ0) is 13.5. The Morgan fingerprint density at radius 3 is 2.39 bits per heavy atom. The number of hydrogen-bond donors (Lipinski definition) is 1. The Hall–Kier alpha value is -2.37. The van der Waals surface area contributed by atoms with Gasteiger partial charge in [0.05, 0.1) is 12.8 Å². The standard InChI is InChI=1S/C12H13NO5/c1-8(13-18-12(16)7-11(14)15)9-3-5-10(17-2)6-4-9/h3-6H,7H2,1-2H3,(H,14,15)/b13-8+. The van der Waals surface area contributed by atoms with Gasteiger partial charge in [0.2, 0.25) is 0 Å². The molecule has 1 aromatic rings. The third-order valence-electron chi connectivity index (χ3n) is 2.09. The van der Waals surface area contributed by atoms with Crippen LogP contribution in [-0.2, 0) is 14.4 Å². The number of benzene rings is 1. The fourth-order valence-electron chi connectivity index (χ4n) is 1.16. The summed E-state index contributed by atoms with van der Waals surface area (Å²) in [5.41, 5.74) is 1.22. The predicted molar refractivity (Wildman–Crippen MR) is 63.5 cm³/mol. The topological polar surface area (TPSA) is 85.2 Å². The first kappa shape index (κ1) is 13.7. The van der Waals surface area contributed by atoms with Crippen LogP contribution in [0.4, 0.5) is 0 Å². The Labute approximate surface area is 104 Å². The Morgan fingerprint density at radius 2 is 1.89 bits per heavy atom. The summed E-state index contributed by atoms with van der Waals surface area (Å²) in [5, 5.41) is 11.9. The second-order valence-electron chi connectivity index (χ2n) is 3.44. The number of carboxylic acids is 1. The van der Waals surface area contributed by atoms with E-state index in [1.807, 2.05) is 0 Å². The van der Waals surface area contributed by atoms with Crippen LogP contribution in [0.1, 0.15) is 18.9 Å². The molecule has 1 rings (SSSR count). The molecule has 0 aromatic heterocycles. The van der Waals surface area contributed by atoms with E-state index in [-0.39, 0.29) is 0 Å². The first-order valence-corrected chi connectivity index (χ1v) is 5.13. The van der Waals surface area contributed by atoms with Gasteiger partial charge in [-0.25, -0.2) is 4.79 Å². The highest BCUT2D eigenvalue weighted by Gasteiger charge is 2.09. The number of carboxylic acid groups (broad SMARTS) is 1. The van der Waals surface area contributed by atoms with Crippen LogP contribution in [0, 0.1) is 0 Å². The summed E-state index contributed by atoms with van der Waals surface area (Å²) in [4.78, 5) is 25.7. The summed E-state index contributed by atoms with van der Waals surface area (Å²) < 4.78 is 5.00. The van der Waals surface area contributed by atoms with Gasteiger partial charge in [-0.2, -0.15) is 0 Å². The van der Waals surface area contributed by atoms with E-state index in [1.165, 1.54) is 0 Å². The third-order valence-corrected chi connectivity index (χ3v) is 2.09. The van der Waals surface area contributed by atoms with Crippen molar-refractivity contribution in [3.8, 4) is 5.75 Å². The zero-order valence-corrected chi connectivity index (χ0v) is 10.0. The third kappa shape index (κ3) is 4.25. The Bertz CT molecular complexity index is 464. The molecule has 1 aromatic carbocycles. The van der Waals surface area contributed by atoms with Crippen molar-refractivity contribution in [2.75, 3.05) is 7.11 Å². The molecule has 0 amide bonds. The molecule has 0 unspecified atom stereocenters. The SMILES string of the molecule is COc1ccc(/C(C)=N/OC(=O)CC(=O)O)cc1. The number of carbonyl (C=O) groups excluding carboxylic acids is 1. The average Bonchev–Trinajstić information content (AvgIpc) is 2.35. The number of carbonyl (C=O) groups is 2. The van der Waals surface area contributed by atoms with E-state index in [2.05, 4.69) is 9.99 Å². The lowest BCUT2D eigenvalue weighted by molar-refractivity contribution is -0.151. The Balaban J connectivity index is 2.65. The molecule has 18 heavy (non-hydrogen) atoms. The van der Waals surface area contributed by atoms with Crippen molar-refractivity contribution in [3.05, 3.63) is 29.8 Å². The van der Waals surface area contributed by atoms with E-state index in [0.717, 1.165) is 5.56 Å². The van der Waals surface area contributed by atoms with Crippen molar-refractivity contribution in [2.24, 2.45) is 5.16 Å². The summed E-state index contributed by atoms with van der Waals surface area (Å²) in [5.74, 6) is -1.46. The summed E-state index contributed by atoms with van der Waals surface area (Å²) in [6.07, 6.45) is -0.709. The number of aliphatic carboxylic acids is 1. The fourth-order valence-corrected chi connectivity index (χ4v) is 1.16. The van der Waals surface area contributed by atoms with E-state index in [1.54, 1.807) is 38.3 Å². The lowest BCUT2D eigenvalue weighted by Crippen LogP contribution is -2.08. The van der Waals surface area contributed by atoms with Crippen LogP contribution >= 0.6 is 0 Å². The van der Waals surface area contributed by atoms with Crippen LogP contribution in [0.2, 0.25) is 0 Å². The first-order valence-electron chi connectivity index (χ1n) is 5.13. The van der Waals surface area contributed by atoms with Gasteiger partial charge in [0.1, 0.15) is 12.2 Å². The molecule has 0 aliphatic rings. The number of methoxy groups -OCH3 is 1. The number of nitrogens with zero attached hydrogens (tertiary/aromatic N) is 1. The van der Waals surface area contributed by atoms with Gasteiger partial charge in [-0.05, 0) is 36.8 Å². The molecule has 6 nitrogen and oxygen atoms in total. The molecule has 96 valence electrons. The molecule has 0 aliphatic carbocycles. The molecular formula is C12H13NO5. The van der Waals surface area contributed by atoms with Crippen molar-refractivity contribution >= 4 is 17.7 Å². The highest BCUT2D eigenvalue weighted by Crippen LogP contribution is 2.12. The number of hydrogen-bond acceptors (Lipinski definition) is 5. The van der Waals surface area contributed by atoms with Gasteiger partial charge in [-0.15, -0.1) is 0 Å². The van der Waals surface area contributed by atoms with Gasteiger partial charge in [0.15, 0.2) is 0 Å². The summed E-state index contributed by atoms with van der Waals surface area (Å²) in [6, 6.07) is 6.99. The molecule has 0 saturated heterocycles. The summed E-state index contributed by atoms with van der Waals surface area (Å²) >= 11 is 0.